The van der Waals surface area contributed by atoms with Crippen LogP contribution in [0.25, 0.3) is 0 Å². The highest BCUT2D eigenvalue weighted by molar-refractivity contribution is 5.08. The quantitative estimate of drug-likeness (QED) is 0.535. The van der Waals surface area contributed by atoms with E-state index in [9.17, 15) is 0 Å². The van der Waals surface area contributed by atoms with Crippen molar-refractivity contribution in [3.05, 3.63) is 23.7 Å². The minimum Gasteiger partial charge on any atom is -0.513 e. The molecule has 2 nitrogen and oxygen atoms in total. The van der Waals surface area contributed by atoms with E-state index in [0.29, 0.717) is 5.76 Å². The Morgan fingerprint density at radius 1 is 1.21 bits per heavy atom. The third kappa shape index (κ3) is 4.95. The van der Waals surface area contributed by atoms with Crippen molar-refractivity contribution in [2.45, 2.75) is 53.1 Å². The van der Waals surface area contributed by atoms with Crippen LogP contribution in [0.4, 0.5) is 0 Å². The zero-order valence-electron chi connectivity index (χ0n) is 9.92. The van der Waals surface area contributed by atoms with E-state index >= 15 is 0 Å². The van der Waals surface area contributed by atoms with E-state index in [-0.39, 0.29) is 5.60 Å². The van der Waals surface area contributed by atoms with Crippen LogP contribution < -0.4 is 0 Å². The lowest BCUT2D eigenvalue weighted by atomic mass is 10.0. The molecule has 0 saturated carbocycles. The fraction of sp³-hybridized carbons (Fsp3) is 0.667. The molecule has 0 fully saturated rings. The van der Waals surface area contributed by atoms with Crippen LogP contribution in [0.2, 0.25) is 0 Å². The summed E-state index contributed by atoms with van der Waals surface area (Å²) in [5, 5.41) is 8.97. The molecule has 0 unspecified atom stereocenters. The van der Waals surface area contributed by atoms with Gasteiger partial charge in [-0.15, -0.1) is 0 Å². The molecule has 0 rings (SSSR count). The highest BCUT2D eigenvalue weighted by atomic mass is 16.5. The largest absolute Gasteiger partial charge is 0.513 e. The molecule has 0 aromatic carbocycles. The van der Waals surface area contributed by atoms with Crippen LogP contribution in [0.3, 0.4) is 0 Å². The molecule has 0 aromatic rings. The van der Waals surface area contributed by atoms with Crippen LogP contribution in [0.5, 0.6) is 0 Å². The van der Waals surface area contributed by atoms with Crippen molar-refractivity contribution in [1.29, 1.82) is 0 Å². The maximum atomic E-state index is 8.97. The maximum Gasteiger partial charge on any atom is 0.105 e. The molecule has 0 aliphatic carbocycles. The van der Waals surface area contributed by atoms with Gasteiger partial charge < -0.3 is 9.84 Å². The fourth-order valence-corrected chi connectivity index (χ4v) is 1.05. The molecule has 0 saturated heterocycles. The normalized spacial score (nSPS) is 14.4. The van der Waals surface area contributed by atoms with Gasteiger partial charge in [0.05, 0.1) is 11.5 Å². The molecule has 1 N–H and O–H groups in total. The lowest BCUT2D eigenvalue weighted by Crippen LogP contribution is -2.25. The number of ether oxygens (including phenoxy) is 1. The number of rotatable bonds is 5. The maximum absolute atomic E-state index is 8.97. The van der Waals surface area contributed by atoms with Gasteiger partial charge in [0.15, 0.2) is 0 Å². The first-order valence-corrected chi connectivity index (χ1v) is 5.16. The van der Waals surface area contributed by atoms with Gasteiger partial charge in [0.1, 0.15) is 5.60 Å². The molecule has 0 aliphatic rings. The molecule has 2 heteroatoms. The van der Waals surface area contributed by atoms with Crippen molar-refractivity contribution in [2.24, 2.45) is 0 Å². The van der Waals surface area contributed by atoms with Crippen molar-refractivity contribution in [1.82, 2.24) is 0 Å². The Hall–Kier alpha value is -0.920. The molecule has 0 aromatic heterocycles. The van der Waals surface area contributed by atoms with Crippen LogP contribution in [0.15, 0.2) is 23.7 Å². The Morgan fingerprint density at radius 2 is 1.71 bits per heavy atom. The summed E-state index contributed by atoms with van der Waals surface area (Å²) in [5.74, 6) is 1.13. The van der Waals surface area contributed by atoms with Gasteiger partial charge in [-0.1, -0.05) is 13.8 Å². The van der Waals surface area contributed by atoms with E-state index < -0.39 is 0 Å². The summed E-state index contributed by atoms with van der Waals surface area (Å²) in [6.07, 6.45) is 5.40. The Kier molecular flexibility index (Phi) is 5.36. The highest BCUT2D eigenvalue weighted by Crippen LogP contribution is 2.22. The topological polar surface area (TPSA) is 29.5 Å². The zero-order chi connectivity index (χ0) is 11.2. The van der Waals surface area contributed by atoms with Gasteiger partial charge in [-0.25, -0.2) is 0 Å². The minimum atomic E-state index is -0.0855. The number of hydrogen-bond donors (Lipinski definition) is 1. The fourth-order valence-electron chi connectivity index (χ4n) is 1.05. The molecule has 14 heavy (non-hydrogen) atoms. The Balaban J connectivity index is 4.36. The summed E-state index contributed by atoms with van der Waals surface area (Å²) >= 11 is 0. The molecular formula is C12H22O2. The van der Waals surface area contributed by atoms with Crippen LogP contribution in [-0.4, -0.2) is 10.7 Å². The molecule has 82 valence electrons. The highest BCUT2D eigenvalue weighted by Gasteiger charge is 2.20. The molecule has 0 atom stereocenters. The van der Waals surface area contributed by atoms with Gasteiger partial charge in [0, 0.05) is 0 Å². The average molecular weight is 198 g/mol. The predicted octanol–water partition coefficient (Wildman–Crippen LogP) is 3.95. The van der Waals surface area contributed by atoms with E-state index in [1.807, 2.05) is 6.92 Å². The van der Waals surface area contributed by atoms with Crippen LogP contribution in [-0.2, 0) is 4.74 Å². The molecule has 0 heterocycles. The third-order valence-corrected chi connectivity index (χ3v) is 2.46. The molecule has 0 bridgehead atoms. The molecule has 0 spiro atoms. The van der Waals surface area contributed by atoms with Gasteiger partial charge in [-0.2, -0.15) is 0 Å². The second kappa shape index (κ2) is 5.74. The van der Waals surface area contributed by atoms with E-state index in [1.165, 1.54) is 0 Å². The van der Waals surface area contributed by atoms with E-state index in [1.54, 1.807) is 19.1 Å². The molecule has 0 aliphatic heterocycles. The number of aliphatic hydroxyl groups is 1. The lowest BCUT2D eigenvalue weighted by Gasteiger charge is -2.28. The summed E-state index contributed by atoms with van der Waals surface area (Å²) in [6.45, 7) is 9.87. The van der Waals surface area contributed by atoms with Crippen molar-refractivity contribution >= 4 is 0 Å². The average Bonchev–Trinajstić information content (AvgIpc) is 2.14. The van der Waals surface area contributed by atoms with Crippen LogP contribution in [0, 0.1) is 0 Å². The van der Waals surface area contributed by atoms with Crippen molar-refractivity contribution < 1.29 is 9.84 Å². The Labute approximate surface area is 87.3 Å². The van der Waals surface area contributed by atoms with Crippen molar-refractivity contribution in [3.63, 3.8) is 0 Å². The summed E-state index contributed by atoms with van der Waals surface area (Å²) in [4.78, 5) is 0. The van der Waals surface area contributed by atoms with Crippen LogP contribution >= 0.6 is 0 Å². The summed E-state index contributed by atoms with van der Waals surface area (Å²) < 4.78 is 5.79. The third-order valence-electron chi connectivity index (χ3n) is 2.46. The summed E-state index contributed by atoms with van der Waals surface area (Å²) in [5.41, 5.74) is -0.0855. The van der Waals surface area contributed by atoms with Gasteiger partial charge >= 0.3 is 0 Å². The zero-order valence-corrected chi connectivity index (χ0v) is 9.92. The SMILES string of the molecule is CCC(C)(CC)O/C(C)=C/C=C(\C)O. The van der Waals surface area contributed by atoms with Gasteiger partial charge in [0.2, 0.25) is 0 Å². The molecule has 0 amide bonds. The van der Waals surface area contributed by atoms with Crippen molar-refractivity contribution in [2.75, 3.05) is 0 Å². The second-order valence-corrected chi connectivity index (χ2v) is 3.84. The summed E-state index contributed by atoms with van der Waals surface area (Å²) in [7, 11) is 0. The first-order valence-electron chi connectivity index (χ1n) is 5.16. The monoisotopic (exact) mass is 198 g/mol. The second-order valence-electron chi connectivity index (χ2n) is 3.84. The summed E-state index contributed by atoms with van der Waals surface area (Å²) in [6, 6.07) is 0. The van der Waals surface area contributed by atoms with Crippen LogP contribution in [0.1, 0.15) is 47.5 Å². The predicted molar refractivity (Wildman–Crippen MR) is 60.2 cm³/mol. The standard InChI is InChI=1S/C12H22O2/c1-6-12(5,7-2)14-11(4)9-8-10(3)13/h8-9,13H,6-7H2,1-5H3/b10-8+,11-9+. The smallest absolute Gasteiger partial charge is 0.105 e. The molecule has 0 radical (unpaired) electrons. The van der Waals surface area contributed by atoms with E-state index in [2.05, 4.69) is 20.8 Å². The number of aliphatic hydroxyl groups excluding tert-OH is 1. The number of hydrogen-bond acceptors (Lipinski definition) is 2. The van der Waals surface area contributed by atoms with Gasteiger partial charge in [-0.3, -0.25) is 0 Å². The van der Waals surface area contributed by atoms with E-state index in [0.717, 1.165) is 18.6 Å². The van der Waals surface area contributed by atoms with Gasteiger partial charge in [-0.05, 0) is 45.8 Å². The van der Waals surface area contributed by atoms with Crippen molar-refractivity contribution in [3.8, 4) is 0 Å². The minimum absolute atomic E-state index is 0.0855. The Morgan fingerprint density at radius 3 is 2.07 bits per heavy atom. The Bertz CT molecular complexity index is 218. The molecular weight excluding hydrogens is 176 g/mol. The van der Waals surface area contributed by atoms with Gasteiger partial charge in [0.25, 0.3) is 0 Å². The lowest BCUT2D eigenvalue weighted by molar-refractivity contribution is 0.0123. The first-order chi connectivity index (χ1) is 6.43. The number of allylic oxidation sites excluding steroid dienone is 4. The van der Waals surface area contributed by atoms with E-state index in [4.69, 9.17) is 9.84 Å². The first kappa shape index (κ1) is 13.1.